The van der Waals surface area contributed by atoms with Gasteiger partial charge in [0.15, 0.2) is 5.54 Å². The normalized spacial score (nSPS) is 15.7. The summed E-state index contributed by atoms with van der Waals surface area (Å²) in [6.07, 6.45) is -0.822. The fraction of sp³-hybridized carbons (Fsp3) is 0.189. The maximum atomic E-state index is 15.2. The molecule has 5 aromatic rings. The lowest BCUT2D eigenvalue weighted by Crippen LogP contribution is -2.55. The molecule has 0 fully saturated rings. The first-order chi connectivity index (χ1) is 22.1. The van der Waals surface area contributed by atoms with Gasteiger partial charge < -0.3 is 14.4 Å². The molecule has 1 aromatic heterocycles. The number of esters is 1. The van der Waals surface area contributed by atoms with Gasteiger partial charge in [-0.2, -0.15) is 9.78 Å². The topological polar surface area (TPSA) is 103 Å². The number of amides is 2. The van der Waals surface area contributed by atoms with Crippen LogP contribution in [0, 0.1) is 0 Å². The van der Waals surface area contributed by atoms with Gasteiger partial charge in [0.05, 0.1) is 23.5 Å². The number of anilines is 1. The van der Waals surface area contributed by atoms with Crippen LogP contribution >= 0.6 is 0 Å². The summed E-state index contributed by atoms with van der Waals surface area (Å²) in [6.45, 7) is 6.76. The third-order valence-corrected chi connectivity index (χ3v) is 7.54. The van der Waals surface area contributed by atoms with Crippen molar-refractivity contribution in [2.45, 2.75) is 45.4 Å². The average Bonchev–Trinajstić information content (AvgIpc) is 3.51. The van der Waals surface area contributed by atoms with Crippen LogP contribution in [0.3, 0.4) is 0 Å². The van der Waals surface area contributed by atoms with E-state index >= 15 is 4.79 Å². The zero-order chi connectivity index (χ0) is 32.5. The number of nitrogens with zero attached hydrogens (tertiary/aromatic N) is 3. The van der Waals surface area contributed by atoms with E-state index in [0.29, 0.717) is 28.2 Å². The molecule has 0 radical (unpaired) electrons. The summed E-state index contributed by atoms with van der Waals surface area (Å²) in [5.74, 6) is -1.08. The largest absolute Gasteiger partial charge is 0.444 e. The number of rotatable bonds is 7. The van der Waals surface area contributed by atoms with Crippen LogP contribution in [-0.4, -0.2) is 33.4 Å². The minimum absolute atomic E-state index is 0.00155. The van der Waals surface area contributed by atoms with Crippen molar-refractivity contribution in [1.82, 2.24) is 15.1 Å². The molecule has 0 spiro atoms. The van der Waals surface area contributed by atoms with Gasteiger partial charge in [0.2, 0.25) is 5.88 Å². The Kier molecular flexibility index (Phi) is 7.92. The third kappa shape index (κ3) is 5.63. The van der Waals surface area contributed by atoms with Crippen molar-refractivity contribution in [1.29, 1.82) is 0 Å². The molecule has 2 amide bonds. The van der Waals surface area contributed by atoms with Crippen LogP contribution in [0.2, 0.25) is 0 Å². The van der Waals surface area contributed by atoms with Gasteiger partial charge in [-0.3, -0.25) is 14.9 Å². The van der Waals surface area contributed by atoms with Gasteiger partial charge in [-0.25, -0.2) is 4.79 Å². The lowest BCUT2D eigenvalue weighted by atomic mass is 9.82. The highest BCUT2D eigenvalue weighted by atomic mass is 16.6. The summed E-state index contributed by atoms with van der Waals surface area (Å²) in [4.78, 5) is 43.5. The van der Waals surface area contributed by atoms with Crippen molar-refractivity contribution in [3.05, 3.63) is 132 Å². The molecule has 9 heteroatoms. The summed E-state index contributed by atoms with van der Waals surface area (Å²) >= 11 is 0. The molecule has 4 aromatic carbocycles. The smallest absolute Gasteiger partial charge is 0.409 e. The summed E-state index contributed by atoms with van der Waals surface area (Å²) in [5.41, 5.74) is 0.988. The molecule has 0 aliphatic carbocycles. The first kappa shape index (κ1) is 30.3. The van der Waals surface area contributed by atoms with Gasteiger partial charge in [0, 0.05) is 18.1 Å². The van der Waals surface area contributed by atoms with E-state index in [1.165, 1.54) is 11.6 Å². The minimum atomic E-state index is -1.91. The number of hydrogen-bond acceptors (Lipinski definition) is 6. The Balaban J connectivity index is 1.70. The standard InChI is InChI=1S/C37H34N4O5/c1-25(42)45-33-31(32(27-18-10-6-11-19-27)39-41(33)28-20-12-7-13-21-28)37(38-35(44)46-36(2,3)4)29-22-14-15-23-30(29)40(34(37)43)24-26-16-8-5-9-17-26/h5-23H,24H2,1-4H3,(H,38,44)/t37-/m1/s1. The number of carbonyl (C=O) groups excluding carboxylic acids is 3. The van der Waals surface area contributed by atoms with Gasteiger partial charge in [-0.15, -0.1) is 0 Å². The summed E-state index contributed by atoms with van der Waals surface area (Å²) in [7, 11) is 0. The number of ether oxygens (including phenoxy) is 2. The third-order valence-electron chi connectivity index (χ3n) is 7.54. The number of nitrogens with one attached hydrogen (secondary N) is 1. The van der Waals surface area contributed by atoms with Crippen molar-refractivity contribution in [2.24, 2.45) is 0 Å². The Morgan fingerprint density at radius 3 is 2.04 bits per heavy atom. The first-order valence-electron chi connectivity index (χ1n) is 15.0. The predicted octanol–water partition coefficient (Wildman–Crippen LogP) is 6.78. The number of benzene rings is 4. The lowest BCUT2D eigenvalue weighted by molar-refractivity contribution is -0.132. The van der Waals surface area contributed by atoms with Gasteiger partial charge in [0.1, 0.15) is 11.3 Å². The fourth-order valence-electron chi connectivity index (χ4n) is 5.77. The SMILES string of the molecule is CC(=O)Oc1c([C@@]2(NC(=O)OC(C)(C)C)C(=O)N(Cc3ccccc3)c3ccccc32)c(-c2ccccc2)nn1-c1ccccc1. The molecule has 0 bridgehead atoms. The highest BCUT2D eigenvalue weighted by molar-refractivity contribution is 6.12. The van der Waals surface area contributed by atoms with Gasteiger partial charge >= 0.3 is 12.1 Å². The summed E-state index contributed by atoms with van der Waals surface area (Å²) in [5, 5.41) is 7.95. The van der Waals surface area contributed by atoms with Crippen molar-refractivity contribution in [3.8, 4) is 22.8 Å². The molecule has 0 unspecified atom stereocenters. The second-order valence-electron chi connectivity index (χ2n) is 12.0. The molecule has 1 aliphatic heterocycles. The minimum Gasteiger partial charge on any atom is -0.444 e. The van der Waals surface area contributed by atoms with Gasteiger partial charge in [0.25, 0.3) is 5.91 Å². The number of aromatic nitrogens is 2. The van der Waals surface area contributed by atoms with E-state index < -0.39 is 29.1 Å². The van der Waals surface area contributed by atoms with E-state index in [-0.39, 0.29) is 18.0 Å². The first-order valence-corrected chi connectivity index (χ1v) is 15.0. The van der Waals surface area contributed by atoms with E-state index in [2.05, 4.69) is 5.32 Å². The molecular weight excluding hydrogens is 580 g/mol. The Labute approximate surface area is 267 Å². The molecular formula is C37H34N4O5. The van der Waals surface area contributed by atoms with E-state index in [9.17, 15) is 9.59 Å². The lowest BCUT2D eigenvalue weighted by Gasteiger charge is -2.32. The second kappa shape index (κ2) is 12.0. The van der Waals surface area contributed by atoms with Crippen LogP contribution in [0.25, 0.3) is 16.9 Å². The van der Waals surface area contributed by atoms with Crippen LogP contribution in [0.15, 0.2) is 115 Å². The molecule has 9 nitrogen and oxygen atoms in total. The van der Waals surface area contributed by atoms with Crippen LogP contribution in [-0.2, 0) is 26.4 Å². The molecule has 1 atom stereocenters. The van der Waals surface area contributed by atoms with Gasteiger partial charge in [-0.05, 0) is 44.5 Å². The molecule has 2 heterocycles. The average molecular weight is 615 g/mol. The van der Waals surface area contributed by atoms with E-state index in [1.807, 2.05) is 103 Å². The fourth-order valence-corrected chi connectivity index (χ4v) is 5.77. The Bertz CT molecular complexity index is 1900. The number of alkyl carbamates (subject to hydrolysis) is 1. The monoisotopic (exact) mass is 614 g/mol. The van der Waals surface area contributed by atoms with E-state index in [1.54, 1.807) is 37.8 Å². The number of fused-ring (bicyclic) bond motifs is 1. The molecule has 1 N–H and O–H groups in total. The highest BCUT2D eigenvalue weighted by Crippen LogP contribution is 2.51. The number of carbonyl (C=O) groups is 3. The summed E-state index contributed by atoms with van der Waals surface area (Å²) in [6, 6.07) is 35.3. The predicted molar refractivity (Wildman–Crippen MR) is 175 cm³/mol. The van der Waals surface area contributed by atoms with E-state index in [4.69, 9.17) is 14.6 Å². The zero-order valence-electron chi connectivity index (χ0n) is 26.1. The molecule has 0 saturated heterocycles. The Hall–Kier alpha value is -5.70. The summed E-state index contributed by atoms with van der Waals surface area (Å²) < 4.78 is 13.2. The molecule has 6 rings (SSSR count). The van der Waals surface area contributed by atoms with Gasteiger partial charge in [-0.1, -0.05) is 97.1 Å². The number of hydrogen-bond donors (Lipinski definition) is 1. The zero-order valence-corrected chi connectivity index (χ0v) is 26.1. The second-order valence-corrected chi connectivity index (χ2v) is 12.0. The van der Waals surface area contributed by atoms with Crippen molar-refractivity contribution in [2.75, 3.05) is 4.90 Å². The molecule has 232 valence electrons. The molecule has 0 saturated carbocycles. The van der Waals surface area contributed by atoms with Crippen molar-refractivity contribution < 1.29 is 23.9 Å². The van der Waals surface area contributed by atoms with E-state index in [0.717, 1.165) is 5.56 Å². The van der Waals surface area contributed by atoms with Crippen LogP contribution in [0.4, 0.5) is 10.5 Å². The van der Waals surface area contributed by atoms with Crippen molar-refractivity contribution in [3.63, 3.8) is 0 Å². The maximum Gasteiger partial charge on any atom is 0.409 e. The van der Waals surface area contributed by atoms with Crippen molar-refractivity contribution >= 4 is 23.7 Å². The Morgan fingerprint density at radius 1 is 0.826 bits per heavy atom. The highest BCUT2D eigenvalue weighted by Gasteiger charge is 2.58. The quantitative estimate of drug-likeness (QED) is 0.203. The molecule has 46 heavy (non-hydrogen) atoms. The number of para-hydroxylation sites is 2. The maximum absolute atomic E-state index is 15.2. The molecule has 1 aliphatic rings. The van der Waals surface area contributed by atoms with Crippen LogP contribution in [0.1, 0.15) is 44.4 Å². The van der Waals surface area contributed by atoms with Crippen LogP contribution in [0.5, 0.6) is 5.88 Å². The Morgan fingerprint density at radius 2 is 1.41 bits per heavy atom. The van der Waals surface area contributed by atoms with Crippen LogP contribution < -0.4 is 15.0 Å².